The van der Waals surface area contributed by atoms with Crippen LogP contribution in [0.1, 0.15) is 6.92 Å². The Hall–Kier alpha value is -0.510. The SMILES string of the molecule is C=C(O)CS(=O)(=O)CC. The van der Waals surface area contributed by atoms with E-state index in [1.807, 2.05) is 0 Å². The van der Waals surface area contributed by atoms with Crippen LogP contribution in [-0.2, 0) is 9.84 Å². The molecule has 0 spiro atoms. The second-order valence-corrected chi connectivity index (χ2v) is 4.10. The fraction of sp³-hybridized carbons (Fsp3) is 0.600. The predicted molar refractivity (Wildman–Crippen MR) is 36.1 cm³/mol. The number of aliphatic hydroxyl groups is 1. The first kappa shape index (κ1) is 8.49. The molecule has 4 heteroatoms. The number of aliphatic hydroxyl groups excluding tert-OH is 1. The molecule has 0 bridgehead atoms. The molecular weight excluding hydrogens is 140 g/mol. The van der Waals surface area contributed by atoms with E-state index in [4.69, 9.17) is 5.11 Å². The van der Waals surface area contributed by atoms with E-state index >= 15 is 0 Å². The first-order valence-electron chi connectivity index (χ1n) is 2.55. The van der Waals surface area contributed by atoms with Crippen LogP contribution in [0.4, 0.5) is 0 Å². The predicted octanol–water partition coefficient (Wildman–Crippen LogP) is 0.493. The van der Waals surface area contributed by atoms with Crippen LogP contribution < -0.4 is 0 Å². The summed E-state index contributed by atoms with van der Waals surface area (Å²) in [5.41, 5.74) is 0. The van der Waals surface area contributed by atoms with Crippen molar-refractivity contribution in [2.24, 2.45) is 0 Å². The van der Waals surface area contributed by atoms with Gasteiger partial charge in [-0.2, -0.15) is 0 Å². The molecule has 1 N–H and O–H groups in total. The van der Waals surface area contributed by atoms with Crippen LogP contribution in [0, 0.1) is 0 Å². The largest absolute Gasteiger partial charge is 0.512 e. The lowest BCUT2D eigenvalue weighted by atomic mass is 10.7. The minimum atomic E-state index is -3.07. The molecule has 0 saturated heterocycles. The van der Waals surface area contributed by atoms with Crippen LogP contribution in [0.3, 0.4) is 0 Å². The molecule has 0 heterocycles. The highest BCUT2D eigenvalue weighted by Gasteiger charge is 2.07. The van der Waals surface area contributed by atoms with Crippen LogP contribution in [0.15, 0.2) is 12.3 Å². The summed E-state index contributed by atoms with van der Waals surface area (Å²) in [6, 6.07) is 0. The maximum atomic E-state index is 10.6. The summed E-state index contributed by atoms with van der Waals surface area (Å²) in [6.45, 7) is 4.59. The molecule has 54 valence electrons. The molecule has 0 aliphatic carbocycles. The van der Waals surface area contributed by atoms with Crippen molar-refractivity contribution in [2.75, 3.05) is 11.5 Å². The van der Waals surface area contributed by atoms with Gasteiger partial charge in [0.1, 0.15) is 11.5 Å². The Morgan fingerprint density at radius 1 is 1.67 bits per heavy atom. The lowest BCUT2D eigenvalue weighted by Gasteiger charge is -1.96. The average molecular weight is 150 g/mol. The molecule has 0 saturated carbocycles. The standard InChI is InChI=1S/C5H10O3S/c1-3-9(7,8)4-5(2)6/h6H,2-4H2,1H3. The van der Waals surface area contributed by atoms with Crippen LogP contribution in [0.5, 0.6) is 0 Å². The third-order valence-corrected chi connectivity index (χ3v) is 2.48. The van der Waals surface area contributed by atoms with Crippen LogP contribution in [-0.4, -0.2) is 25.0 Å². The molecule has 0 atom stereocenters. The van der Waals surface area contributed by atoms with Crippen molar-refractivity contribution in [3.05, 3.63) is 12.3 Å². The first-order valence-corrected chi connectivity index (χ1v) is 4.37. The Kier molecular flexibility index (Phi) is 2.70. The van der Waals surface area contributed by atoms with Gasteiger partial charge >= 0.3 is 0 Å². The third kappa shape index (κ3) is 4.02. The van der Waals surface area contributed by atoms with Gasteiger partial charge in [0, 0.05) is 5.75 Å². The Morgan fingerprint density at radius 2 is 2.11 bits per heavy atom. The second kappa shape index (κ2) is 2.87. The number of rotatable bonds is 3. The van der Waals surface area contributed by atoms with E-state index in [2.05, 4.69) is 6.58 Å². The summed E-state index contributed by atoms with van der Waals surface area (Å²) in [5.74, 6) is -0.562. The maximum Gasteiger partial charge on any atom is 0.157 e. The van der Waals surface area contributed by atoms with Crippen molar-refractivity contribution in [1.82, 2.24) is 0 Å². The number of hydrogen-bond acceptors (Lipinski definition) is 3. The molecule has 0 fully saturated rings. The fourth-order valence-corrected chi connectivity index (χ4v) is 1.07. The van der Waals surface area contributed by atoms with E-state index in [0.717, 1.165) is 0 Å². The summed E-state index contributed by atoms with van der Waals surface area (Å²) >= 11 is 0. The van der Waals surface area contributed by atoms with E-state index in [-0.39, 0.29) is 17.3 Å². The molecule has 0 aromatic heterocycles. The summed E-state index contributed by atoms with van der Waals surface area (Å²) in [7, 11) is -3.07. The number of hydrogen-bond donors (Lipinski definition) is 1. The van der Waals surface area contributed by atoms with Gasteiger partial charge in [0.25, 0.3) is 0 Å². The van der Waals surface area contributed by atoms with Gasteiger partial charge < -0.3 is 5.11 Å². The highest BCUT2D eigenvalue weighted by Crippen LogP contribution is 1.93. The van der Waals surface area contributed by atoms with Crippen molar-refractivity contribution >= 4 is 9.84 Å². The first-order chi connectivity index (χ1) is 3.98. The average Bonchev–Trinajstić information content (AvgIpc) is 1.63. The minimum absolute atomic E-state index is 0.0482. The lowest BCUT2D eigenvalue weighted by Crippen LogP contribution is -2.09. The van der Waals surface area contributed by atoms with Gasteiger partial charge in [0.15, 0.2) is 9.84 Å². The van der Waals surface area contributed by atoms with Crippen LogP contribution in [0.2, 0.25) is 0 Å². The van der Waals surface area contributed by atoms with Crippen molar-refractivity contribution in [3.8, 4) is 0 Å². The molecule has 3 nitrogen and oxygen atoms in total. The topological polar surface area (TPSA) is 54.4 Å². The minimum Gasteiger partial charge on any atom is -0.512 e. The zero-order valence-corrected chi connectivity index (χ0v) is 6.11. The summed E-state index contributed by atoms with van der Waals surface area (Å²) < 4.78 is 21.2. The van der Waals surface area contributed by atoms with E-state index in [9.17, 15) is 8.42 Å². The quantitative estimate of drug-likeness (QED) is 0.596. The molecular formula is C5H10O3S. The van der Waals surface area contributed by atoms with Crippen LogP contribution in [0.25, 0.3) is 0 Å². The van der Waals surface area contributed by atoms with Gasteiger partial charge in [-0.3, -0.25) is 0 Å². The summed E-state index contributed by atoms with van der Waals surface area (Å²) in [4.78, 5) is 0. The van der Waals surface area contributed by atoms with E-state index in [1.54, 1.807) is 0 Å². The van der Waals surface area contributed by atoms with Gasteiger partial charge in [-0.1, -0.05) is 13.5 Å². The zero-order valence-electron chi connectivity index (χ0n) is 5.29. The van der Waals surface area contributed by atoms with Gasteiger partial charge in [0.2, 0.25) is 0 Å². The molecule has 0 aromatic carbocycles. The molecule has 0 amide bonds. The van der Waals surface area contributed by atoms with Gasteiger partial charge in [-0.15, -0.1) is 0 Å². The highest BCUT2D eigenvalue weighted by atomic mass is 32.2. The van der Waals surface area contributed by atoms with Crippen molar-refractivity contribution < 1.29 is 13.5 Å². The van der Waals surface area contributed by atoms with Crippen molar-refractivity contribution in [3.63, 3.8) is 0 Å². The van der Waals surface area contributed by atoms with E-state index < -0.39 is 9.84 Å². The highest BCUT2D eigenvalue weighted by molar-refractivity contribution is 7.91. The maximum absolute atomic E-state index is 10.6. The zero-order chi connectivity index (χ0) is 7.49. The molecule has 0 aromatic rings. The molecule has 0 unspecified atom stereocenters. The molecule has 0 aliphatic rings. The third-order valence-electron chi connectivity index (χ3n) is 0.826. The Bertz CT molecular complexity index is 190. The Morgan fingerprint density at radius 3 is 2.22 bits per heavy atom. The Labute approximate surface area is 54.9 Å². The second-order valence-electron chi connectivity index (χ2n) is 1.74. The smallest absolute Gasteiger partial charge is 0.157 e. The van der Waals surface area contributed by atoms with E-state index in [1.165, 1.54) is 6.92 Å². The van der Waals surface area contributed by atoms with Crippen LogP contribution >= 0.6 is 0 Å². The summed E-state index contributed by atoms with van der Waals surface area (Å²) in [5, 5.41) is 8.45. The monoisotopic (exact) mass is 150 g/mol. The van der Waals surface area contributed by atoms with Crippen molar-refractivity contribution in [2.45, 2.75) is 6.92 Å². The summed E-state index contributed by atoms with van der Waals surface area (Å²) in [6.07, 6.45) is 0. The molecule has 0 rings (SSSR count). The Balaban J connectivity index is 4.06. The normalized spacial score (nSPS) is 11.2. The molecule has 0 radical (unpaired) electrons. The molecule has 9 heavy (non-hydrogen) atoms. The van der Waals surface area contributed by atoms with Gasteiger partial charge in [-0.25, -0.2) is 8.42 Å². The van der Waals surface area contributed by atoms with Crippen molar-refractivity contribution in [1.29, 1.82) is 0 Å². The lowest BCUT2D eigenvalue weighted by molar-refractivity contribution is 0.417. The number of sulfone groups is 1. The molecule has 0 aliphatic heterocycles. The van der Waals surface area contributed by atoms with E-state index in [0.29, 0.717) is 0 Å². The van der Waals surface area contributed by atoms with Gasteiger partial charge in [0.05, 0.1) is 0 Å². The van der Waals surface area contributed by atoms with Gasteiger partial charge in [-0.05, 0) is 0 Å². The fourth-order valence-electron chi connectivity index (χ4n) is 0.356.